The molecule has 2 aromatic carbocycles. The minimum atomic E-state index is -2.57. The van der Waals surface area contributed by atoms with E-state index in [4.69, 9.17) is 16.0 Å². The monoisotopic (exact) mass is 562 g/mol. The average Bonchev–Trinajstić information content (AvgIpc) is 3.15. The summed E-state index contributed by atoms with van der Waals surface area (Å²) in [6.45, 7) is 8.00. The number of halogens is 2. The van der Waals surface area contributed by atoms with Gasteiger partial charge in [-0.05, 0) is 49.6 Å². The molecule has 0 saturated heterocycles. The van der Waals surface area contributed by atoms with E-state index in [-0.39, 0.29) is 10.3 Å². The zero-order valence-electron chi connectivity index (χ0n) is 17.7. The van der Waals surface area contributed by atoms with Crippen molar-refractivity contribution in [2.45, 2.75) is 32.4 Å². The van der Waals surface area contributed by atoms with Crippen molar-refractivity contribution in [3.05, 3.63) is 76.0 Å². The summed E-state index contributed by atoms with van der Waals surface area (Å²) in [5.74, 6) is 0. The Bertz CT molecular complexity index is 1140. The van der Waals surface area contributed by atoms with E-state index >= 15 is 0 Å². The highest BCUT2D eigenvalue weighted by Crippen LogP contribution is 2.36. The predicted molar refractivity (Wildman–Crippen MR) is 137 cm³/mol. The Kier molecular flexibility index (Phi) is 6.48. The summed E-state index contributed by atoms with van der Waals surface area (Å²) in [4.78, 5) is 13.0. The van der Waals surface area contributed by atoms with E-state index in [9.17, 15) is 0 Å². The molecule has 0 spiro atoms. The lowest BCUT2D eigenvalue weighted by atomic mass is 10.2. The number of hydrogen-bond donors (Lipinski definition) is 0. The molecule has 4 aromatic rings. The van der Waals surface area contributed by atoms with Crippen LogP contribution in [0.15, 0.2) is 67.0 Å². The van der Waals surface area contributed by atoms with E-state index in [1.54, 1.807) is 6.33 Å². The highest BCUT2D eigenvalue weighted by molar-refractivity contribution is 14.1. The Labute approximate surface area is 202 Å². The highest BCUT2D eigenvalue weighted by Gasteiger charge is 2.50. The molecule has 5 nitrogen and oxygen atoms in total. The third-order valence-electron chi connectivity index (χ3n) is 5.46. The van der Waals surface area contributed by atoms with Crippen molar-refractivity contribution in [3.8, 4) is 0 Å². The number of fused-ring (bicyclic) bond motifs is 1. The summed E-state index contributed by atoms with van der Waals surface area (Å²) in [5.41, 5.74) is 1.49. The first-order chi connectivity index (χ1) is 14.8. The van der Waals surface area contributed by atoms with E-state index in [0.717, 1.165) is 14.9 Å². The molecule has 0 amide bonds. The Morgan fingerprint density at radius 3 is 2.10 bits per heavy atom. The molecule has 31 heavy (non-hydrogen) atoms. The molecule has 0 fully saturated rings. The van der Waals surface area contributed by atoms with E-state index in [1.807, 2.05) is 4.57 Å². The molecule has 2 aromatic heterocycles. The SMILES string of the molecule is CC(C)(C)[Si](OCCn1cnc2c(I)nc(Cl)nc21)(c1ccccc1)c1ccccc1. The number of benzene rings is 2. The number of aromatic nitrogens is 4. The minimum absolute atomic E-state index is 0.0619. The zero-order chi connectivity index (χ0) is 22.1. The van der Waals surface area contributed by atoms with Gasteiger partial charge in [0, 0.05) is 6.54 Å². The molecule has 0 bridgehead atoms. The summed E-state index contributed by atoms with van der Waals surface area (Å²) in [5, 5.41) is 2.70. The molecule has 2 heterocycles. The van der Waals surface area contributed by atoms with Crippen molar-refractivity contribution in [1.82, 2.24) is 19.5 Å². The van der Waals surface area contributed by atoms with Crippen LogP contribution in [0.25, 0.3) is 11.2 Å². The van der Waals surface area contributed by atoms with Crippen molar-refractivity contribution in [2.24, 2.45) is 0 Å². The maximum Gasteiger partial charge on any atom is 0.261 e. The molecular formula is C23H24ClIN4OSi. The quantitative estimate of drug-likeness (QED) is 0.148. The van der Waals surface area contributed by atoms with E-state index in [1.165, 1.54) is 10.4 Å². The van der Waals surface area contributed by atoms with Crippen LogP contribution >= 0.6 is 34.2 Å². The average molecular weight is 563 g/mol. The molecule has 0 aliphatic rings. The van der Waals surface area contributed by atoms with Crippen LogP contribution in [0.2, 0.25) is 10.3 Å². The van der Waals surface area contributed by atoms with Crippen LogP contribution in [0, 0.1) is 3.70 Å². The van der Waals surface area contributed by atoms with E-state index < -0.39 is 8.32 Å². The number of hydrogen-bond acceptors (Lipinski definition) is 4. The van der Waals surface area contributed by atoms with Gasteiger partial charge in [-0.1, -0.05) is 81.4 Å². The second kappa shape index (κ2) is 8.97. The predicted octanol–water partition coefficient (Wildman–Crippen LogP) is 4.66. The van der Waals surface area contributed by atoms with Crippen LogP contribution in [-0.2, 0) is 11.0 Å². The third kappa shape index (κ3) is 4.28. The van der Waals surface area contributed by atoms with Crippen LogP contribution in [0.4, 0.5) is 0 Å². The van der Waals surface area contributed by atoms with Gasteiger partial charge in [0.2, 0.25) is 5.28 Å². The van der Waals surface area contributed by atoms with E-state index in [2.05, 4.69) is 119 Å². The van der Waals surface area contributed by atoms with Gasteiger partial charge in [0.05, 0.1) is 12.9 Å². The van der Waals surface area contributed by atoms with Gasteiger partial charge in [-0.25, -0.2) is 9.97 Å². The van der Waals surface area contributed by atoms with Crippen molar-refractivity contribution in [3.63, 3.8) is 0 Å². The first-order valence-electron chi connectivity index (χ1n) is 10.1. The topological polar surface area (TPSA) is 52.8 Å². The molecule has 0 unspecified atom stereocenters. The van der Waals surface area contributed by atoms with Gasteiger partial charge in [0.15, 0.2) is 5.65 Å². The molecule has 4 rings (SSSR count). The number of imidazole rings is 1. The maximum atomic E-state index is 6.96. The summed E-state index contributed by atoms with van der Waals surface area (Å²) in [7, 11) is -2.57. The molecule has 0 radical (unpaired) electrons. The van der Waals surface area contributed by atoms with Gasteiger partial charge >= 0.3 is 0 Å². The largest absolute Gasteiger partial charge is 0.406 e. The Hall–Kier alpha value is -1.81. The minimum Gasteiger partial charge on any atom is -0.406 e. The van der Waals surface area contributed by atoms with Crippen LogP contribution in [0.3, 0.4) is 0 Å². The summed E-state index contributed by atoms with van der Waals surface area (Å²) in [6.07, 6.45) is 1.78. The van der Waals surface area contributed by atoms with Crippen LogP contribution in [0.5, 0.6) is 0 Å². The lowest BCUT2D eigenvalue weighted by molar-refractivity contribution is 0.282. The number of nitrogens with zero attached hydrogens (tertiary/aromatic N) is 4. The summed E-state index contributed by atoms with van der Waals surface area (Å²) >= 11 is 8.22. The van der Waals surface area contributed by atoms with Gasteiger partial charge in [0.1, 0.15) is 9.22 Å². The Balaban J connectivity index is 1.71. The Morgan fingerprint density at radius 2 is 1.55 bits per heavy atom. The highest BCUT2D eigenvalue weighted by atomic mass is 127. The molecule has 0 N–H and O–H groups in total. The van der Waals surface area contributed by atoms with Crippen LogP contribution in [0.1, 0.15) is 20.8 Å². The van der Waals surface area contributed by atoms with Crippen LogP contribution < -0.4 is 10.4 Å². The summed E-state index contributed by atoms with van der Waals surface area (Å²) in [6, 6.07) is 21.3. The fourth-order valence-electron chi connectivity index (χ4n) is 4.11. The molecule has 0 saturated carbocycles. The smallest absolute Gasteiger partial charge is 0.261 e. The Morgan fingerprint density at radius 1 is 0.968 bits per heavy atom. The van der Waals surface area contributed by atoms with Gasteiger partial charge in [-0.15, -0.1) is 0 Å². The lowest BCUT2D eigenvalue weighted by Gasteiger charge is -2.43. The molecule has 8 heteroatoms. The molecular weight excluding hydrogens is 539 g/mol. The number of rotatable bonds is 6. The maximum absolute atomic E-state index is 6.96. The standard InChI is InChI=1S/C23H24ClIN4OSi/c1-23(2,3)31(17-10-6-4-7-11-17,18-12-8-5-9-13-18)30-15-14-29-16-26-19-20(25)27-22(24)28-21(19)29/h4-13,16H,14-15H2,1-3H3. The van der Waals surface area contributed by atoms with Crippen molar-refractivity contribution in [2.75, 3.05) is 6.61 Å². The van der Waals surface area contributed by atoms with Crippen molar-refractivity contribution in [1.29, 1.82) is 0 Å². The second-order valence-electron chi connectivity index (χ2n) is 8.41. The summed E-state index contributed by atoms with van der Waals surface area (Å²) < 4.78 is 9.70. The molecule has 160 valence electrons. The first-order valence-corrected chi connectivity index (χ1v) is 13.5. The van der Waals surface area contributed by atoms with Gasteiger partial charge in [-0.2, -0.15) is 4.98 Å². The normalized spacial score (nSPS) is 12.4. The van der Waals surface area contributed by atoms with Gasteiger partial charge in [-0.3, -0.25) is 0 Å². The zero-order valence-corrected chi connectivity index (χ0v) is 21.6. The molecule has 0 aliphatic carbocycles. The second-order valence-corrected chi connectivity index (χ2v) is 14.1. The first kappa shape index (κ1) is 22.4. The molecule has 0 aliphatic heterocycles. The fourth-order valence-corrected chi connectivity index (χ4v) is 9.58. The van der Waals surface area contributed by atoms with Gasteiger partial charge < -0.3 is 8.99 Å². The van der Waals surface area contributed by atoms with Crippen molar-refractivity contribution >= 4 is 64.0 Å². The lowest BCUT2D eigenvalue weighted by Crippen LogP contribution is -2.66. The van der Waals surface area contributed by atoms with Crippen molar-refractivity contribution < 1.29 is 4.43 Å². The van der Waals surface area contributed by atoms with E-state index in [0.29, 0.717) is 13.2 Å². The van der Waals surface area contributed by atoms with Crippen LogP contribution in [-0.4, -0.2) is 34.4 Å². The third-order valence-corrected chi connectivity index (χ3v) is 11.4. The fraction of sp³-hybridized carbons (Fsp3) is 0.261. The molecule has 0 atom stereocenters. The van der Waals surface area contributed by atoms with Gasteiger partial charge in [0.25, 0.3) is 8.32 Å².